The van der Waals surface area contributed by atoms with Gasteiger partial charge in [-0.2, -0.15) is 0 Å². The van der Waals surface area contributed by atoms with Gasteiger partial charge in [-0.05, 0) is 55.0 Å². The van der Waals surface area contributed by atoms with E-state index >= 15 is 0 Å². The monoisotopic (exact) mass is 339 g/mol. The molecule has 2 aromatic rings. The lowest BCUT2D eigenvalue weighted by atomic mass is 10.0. The van der Waals surface area contributed by atoms with E-state index in [0.717, 1.165) is 30.9 Å². The average molecular weight is 339 g/mol. The van der Waals surface area contributed by atoms with Crippen molar-refractivity contribution < 1.29 is 4.79 Å². The maximum absolute atomic E-state index is 12.5. The molecule has 1 saturated heterocycles. The van der Waals surface area contributed by atoms with Crippen molar-refractivity contribution in [2.45, 2.75) is 26.2 Å². The normalized spacial score (nSPS) is 17.4. The number of hydrogen-bond acceptors (Lipinski definition) is 5. The van der Waals surface area contributed by atoms with Gasteiger partial charge in [0, 0.05) is 39.1 Å². The molecule has 0 N–H and O–H groups in total. The predicted octanol–water partition coefficient (Wildman–Crippen LogP) is 2.42. The SMILES string of the molecule is CC1CCCN(c2ccc(C(=O)N(C)CCc3ccncc3)nn2)C1. The number of anilines is 1. The van der Waals surface area contributed by atoms with Crippen molar-refractivity contribution in [3.63, 3.8) is 0 Å². The standard InChI is InChI=1S/C19H25N5O/c1-15-4-3-12-24(14-15)18-6-5-17(21-22-18)19(25)23(2)13-9-16-7-10-20-11-8-16/h5-8,10-11,15H,3-4,9,12-14H2,1-2H3. The van der Waals surface area contributed by atoms with Crippen molar-refractivity contribution in [1.29, 1.82) is 0 Å². The molecule has 0 bridgehead atoms. The van der Waals surface area contributed by atoms with Gasteiger partial charge in [-0.1, -0.05) is 6.92 Å². The Bertz CT molecular complexity index is 689. The summed E-state index contributed by atoms with van der Waals surface area (Å²) in [5.74, 6) is 1.44. The van der Waals surface area contributed by atoms with Crippen molar-refractivity contribution in [2.24, 2.45) is 5.92 Å². The van der Waals surface area contributed by atoms with Gasteiger partial charge < -0.3 is 9.80 Å². The molecule has 1 aliphatic heterocycles. The Morgan fingerprint density at radius 1 is 1.24 bits per heavy atom. The molecular weight excluding hydrogens is 314 g/mol. The van der Waals surface area contributed by atoms with Crippen molar-refractivity contribution >= 4 is 11.7 Å². The maximum atomic E-state index is 12.5. The van der Waals surface area contributed by atoms with Crippen LogP contribution >= 0.6 is 0 Å². The molecule has 132 valence electrons. The zero-order valence-electron chi connectivity index (χ0n) is 14.9. The lowest BCUT2D eigenvalue weighted by Gasteiger charge is -2.31. The number of hydrogen-bond donors (Lipinski definition) is 0. The molecule has 25 heavy (non-hydrogen) atoms. The van der Waals surface area contributed by atoms with E-state index in [4.69, 9.17) is 0 Å². The number of aromatic nitrogens is 3. The first-order valence-corrected chi connectivity index (χ1v) is 8.86. The Kier molecular flexibility index (Phi) is 5.58. The molecule has 2 aromatic heterocycles. The van der Waals surface area contributed by atoms with Crippen molar-refractivity contribution in [3.8, 4) is 0 Å². The third kappa shape index (κ3) is 4.53. The minimum absolute atomic E-state index is 0.0971. The number of pyridine rings is 1. The van der Waals surface area contributed by atoms with Crippen LogP contribution in [0.3, 0.4) is 0 Å². The molecule has 1 unspecified atom stereocenters. The molecule has 1 fully saturated rings. The lowest BCUT2D eigenvalue weighted by molar-refractivity contribution is 0.0789. The summed E-state index contributed by atoms with van der Waals surface area (Å²) in [6.45, 7) is 4.91. The van der Waals surface area contributed by atoms with Crippen molar-refractivity contribution in [2.75, 3.05) is 31.6 Å². The summed E-state index contributed by atoms with van der Waals surface area (Å²) in [7, 11) is 1.80. The number of amides is 1. The Hall–Kier alpha value is -2.50. The van der Waals surface area contributed by atoms with Crippen LogP contribution in [-0.2, 0) is 6.42 Å². The van der Waals surface area contributed by atoms with Gasteiger partial charge in [0.05, 0.1) is 0 Å². The van der Waals surface area contributed by atoms with Gasteiger partial charge in [-0.15, -0.1) is 10.2 Å². The average Bonchev–Trinajstić information content (AvgIpc) is 2.66. The van der Waals surface area contributed by atoms with Crippen LogP contribution in [0.15, 0.2) is 36.7 Å². The first kappa shape index (κ1) is 17.3. The second-order valence-corrected chi connectivity index (χ2v) is 6.80. The largest absolute Gasteiger partial charge is 0.355 e. The quantitative estimate of drug-likeness (QED) is 0.837. The second-order valence-electron chi connectivity index (χ2n) is 6.80. The first-order chi connectivity index (χ1) is 12.1. The third-order valence-electron chi connectivity index (χ3n) is 4.68. The molecule has 6 nitrogen and oxygen atoms in total. The molecule has 0 radical (unpaired) electrons. The summed E-state index contributed by atoms with van der Waals surface area (Å²) in [6, 6.07) is 7.63. The topological polar surface area (TPSA) is 62.2 Å². The van der Waals surface area contributed by atoms with E-state index in [1.54, 1.807) is 30.4 Å². The Balaban J connectivity index is 1.58. The number of nitrogens with zero attached hydrogens (tertiary/aromatic N) is 5. The molecule has 3 rings (SSSR count). The van der Waals surface area contributed by atoms with Gasteiger partial charge in [-0.3, -0.25) is 9.78 Å². The summed E-state index contributed by atoms with van der Waals surface area (Å²) >= 11 is 0. The molecule has 0 aromatic carbocycles. The number of carbonyl (C=O) groups is 1. The van der Waals surface area contributed by atoms with E-state index in [1.807, 2.05) is 18.2 Å². The summed E-state index contributed by atoms with van der Waals surface area (Å²) < 4.78 is 0. The highest BCUT2D eigenvalue weighted by atomic mass is 16.2. The summed E-state index contributed by atoms with van der Waals surface area (Å²) in [6.07, 6.45) is 6.78. The minimum atomic E-state index is -0.0971. The summed E-state index contributed by atoms with van der Waals surface area (Å²) in [5.41, 5.74) is 1.56. The fourth-order valence-electron chi connectivity index (χ4n) is 3.15. The van der Waals surface area contributed by atoms with E-state index in [-0.39, 0.29) is 5.91 Å². The number of likely N-dealkylation sites (N-methyl/N-ethyl adjacent to an activating group) is 1. The molecule has 0 spiro atoms. The van der Waals surface area contributed by atoms with Crippen LogP contribution in [0.5, 0.6) is 0 Å². The zero-order chi connectivity index (χ0) is 17.6. The number of carbonyl (C=O) groups excluding carboxylic acids is 1. The van der Waals surface area contributed by atoms with Crippen LogP contribution in [0, 0.1) is 5.92 Å². The van der Waals surface area contributed by atoms with E-state index in [1.165, 1.54) is 12.8 Å². The highest BCUT2D eigenvalue weighted by Crippen LogP contribution is 2.20. The van der Waals surface area contributed by atoms with Crippen LogP contribution in [-0.4, -0.2) is 52.7 Å². The third-order valence-corrected chi connectivity index (χ3v) is 4.68. The van der Waals surface area contributed by atoms with Crippen LogP contribution in [0.4, 0.5) is 5.82 Å². The van der Waals surface area contributed by atoms with E-state index in [9.17, 15) is 4.79 Å². The van der Waals surface area contributed by atoms with Gasteiger partial charge in [-0.25, -0.2) is 0 Å². The molecule has 1 atom stereocenters. The van der Waals surface area contributed by atoms with E-state index in [0.29, 0.717) is 18.2 Å². The summed E-state index contributed by atoms with van der Waals surface area (Å²) in [4.78, 5) is 20.4. The van der Waals surface area contributed by atoms with Crippen molar-refractivity contribution in [1.82, 2.24) is 20.1 Å². The van der Waals surface area contributed by atoms with Gasteiger partial charge in [0.2, 0.25) is 0 Å². The summed E-state index contributed by atoms with van der Waals surface area (Å²) in [5, 5.41) is 8.44. The second kappa shape index (κ2) is 8.05. The molecular formula is C19H25N5O. The highest BCUT2D eigenvalue weighted by Gasteiger charge is 2.19. The highest BCUT2D eigenvalue weighted by molar-refractivity contribution is 5.92. The van der Waals surface area contributed by atoms with Gasteiger partial charge in [0.25, 0.3) is 5.91 Å². The first-order valence-electron chi connectivity index (χ1n) is 8.86. The fourth-order valence-corrected chi connectivity index (χ4v) is 3.15. The van der Waals surface area contributed by atoms with E-state index < -0.39 is 0 Å². The molecule has 0 saturated carbocycles. The maximum Gasteiger partial charge on any atom is 0.274 e. The van der Waals surface area contributed by atoms with Crippen LogP contribution in [0.25, 0.3) is 0 Å². The van der Waals surface area contributed by atoms with E-state index in [2.05, 4.69) is 27.0 Å². The Morgan fingerprint density at radius 2 is 2.04 bits per heavy atom. The fraction of sp³-hybridized carbons (Fsp3) is 0.474. The molecule has 0 aliphatic carbocycles. The minimum Gasteiger partial charge on any atom is -0.355 e. The van der Waals surface area contributed by atoms with Crippen LogP contribution in [0.1, 0.15) is 35.8 Å². The van der Waals surface area contributed by atoms with Gasteiger partial charge in [0.1, 0.15) is 0 Å². The molecule has 1 amide bonds. The van der Waals surface area contributed by atoms with Crippen LogP contribution < -0.4 is 4.90 Å². The predicted molar refractivity (Wildman–Crippen MR) is 97.5 cm³/mol. The lowest BCUT2D eigenvalue weighted by Crippen LogP contribution is -2.35. The molecule has 1 aliphatic rings. The Labute approximate surface area is 148 Å². The molecule has 6 heteroatoms. The van der Waals surface area contributed by atoms with Crippen molar-refractivity contribution in [3.05, 3.63) is 47.9 Å². The van der Waals surface area contributed by atoms with Gasteiger partial charge in [0.15, 0.2) is 11.5 Å². The zero-order valence-corrected chi connectivity index (χ0v) is 14.9. The smallest absolute Gasteiger partial charge is 0.274 e. The Morgan fingerprint density at radius 3 is 2.72 bits per heavy atom. The van der Waals surface area contributed by atoms with Crippen LogP contribution in [0.2, 0.25) is 0 Å². The van der Waals surface area contributed by atoms with Gasteiger partial charge >= 0.3 is 0 Å². The molecule has 3 heterocycles. The number of rotatable bonds is 5. The number of piperidine rings is 1.